The summed E-state index contributed by atoms with van der Waals surface area (Å²) in [6.45, 7) is 2.62. The van der Waals surface area contributed by atoms with Crippen LogP contribution in [-0.4, -0.2) is 17.7 Å². The molecule has 2 unspecified atom stereocenters. The number of ether oxygens (including phenoxy) is 1. The SMILES string of the molecule is CCOc1ccc(CC2CC2C(=O)O)cc1. The molecule has 0 radical (unpaired) electrons. The zero-order valence-corrected chi connectivity index (χ0v) is 9.35. The van der Waals surface area contributed by atoms with E-state index in [2.05, 4.69) is 0 Å². The molecule has 1 aliphatic rings. The molecule has 2 rings (SSSR count). The zero-order valence-electron chi connectivity index (χ0n) is 9.35. The Morgan fingerprint density at radius 1 is 1.44 bits per heavy atom. The van der Waals surface area contributed by atoms with Gasteiger partial charge < -0.3 is 9.84 Å². The highest BCUT2D eigenvalue weighted by molar-refractivity contribution is 5.73. The van der Waals surface area contributed by atoms with Crippen molar-refractivity contribution < 1.29 is 14.6 Å². The molecule has 16 heavy (non-hydrogen) atoms. The highest BCUT2D eigenvalue weighted by Crippen LogP contribution is 2.41. The van der Waals surface area contributed by atoms with Crippen molar-refractivity contribution in [1.29, 1.82) is 0 Å². The van der Waals surface area contributed by atoms with Crippen LogP contribution in [0.25, 0.3) is 0 Å². The topological polar surface area (TPSA) is 46.5 Å². The van der Waals surface area contributed by atoms with E-state index in [0.717, 1.165) is 18.6 Å². The van der Waals surface area contributed by atoms with Gasteiger partial charge in [-0.25, -0.2) is 0 Å². The fourth-order valence-electron chi connectivity index (χ4n) is 1.97. The maximum Gasteiger partial charge on any atom is 0.306 e. The molecule has 0 spiro atoms. The summed E-state index contributed by atoms with van der Waals surface area (Å²) >= 11 is 0. The lowest BCUT2D eigenvalue weighted by Gasteiger charge is -2.04. The third-order valence-corrected chi connectivity index (χ3v) is 2.97. The van der Waals surface area contributed by atoms with Crippen LogP contribution in [0.3, 0.4) is 0 Å². The largest absolute Gasteiger partial charge is 0.494 e. The smallest absolute Gasteiger partial charge is 0.306 e. The Morgan fingerprint density at radius 2 is 2.12 bits per heavy atom. The van der Waals surface area contributed by atoms with Crippen LogP contribution in [0, 0.1) is 11.8 Å². The lowest BCUT2D eigenvalue weighted by atomic mass is 10.1. The normalized spacial score (nSPS) is 22.8. The van der Waals surface area contributed by atoms with E-state index in [1.54, 1.807) is 0 Å². The van der Waals surface area contributed by atoms with Crippen molar-refractivity contribution in [3.8, 4) is 5.75 Å². The minimum atomic E-state index is -0.657. The zero-order chi connectivity index (χ0) is 11.5. The number of carbonyl (C=O) groups is 1. The van der Waals surface area contributed by atoms with Crippen LogP contribution in [0.2, 0.25) is 0 Å². The van der Waals surface area contributed by atoms with Crippen LogP contribution in [-0.2, 0) is 11.2 Å². The number of carboxylic acid groups (broad SMARTS) is 1. The van der Waals surface area contributed by atoms with Gasteiger partial charge in [-0.15, -0.1) is 0 Å². The maximum atomic E-state index is 10.7. The van der Waals surface area contributed by atoms with Gasteiger partial charge >= 0.3 is 5.97 Å². The lowest BCUT2D eigenvalue weighted by Crippen LogP contribution is -2.01. The fourth-order valence-corrected chi connectivity index (χ4v) is 1.97. The summed E-state index contributed by atoms with van der Waals surface area (Å²) in [5, 5.41) is 8.80. The van der Waals surface area contributed by atoms with Crippen molar-refractivity contribution in [2.45, 2.75) is 19.8 Å². The minimum Gasteiger partial charge on any atom is -0.494 e. The summed E-state index contributed by atoms with van der Waals surface area (Å²) in [6.07, 6.45) is 1.69. The first-order valence-electron chi connectivity index (χ1n) is 5.65. The molecule has 0 saturated heterocycles. The van der Waals surface area contributed by atoms with Crippen LogP contribution in [0.15, 0.2) is 24.3 Å². The second-order valence-corrected chi connectivity index (χ2v) is 4.22. The first-order valence-corrected chi connectivity index (χ1v) is 5.65. The van der Waals surface area contributed by atoms with Crippen molar-refractivity contribution in [1.82, 2.24) is 0 Å². The van der Waals surface area contributed by atoms with Crippen LogP contribution in [0.4, 0.5) is 0 Å². The molecule has 0 aromatic heterocycles. The number of aliphatic carboxylic acids is 1. The Hall–Kier alpha value is -1.51. The van der Waals surface area contributed by atoms with Crippen LogP contribution in [0.5, 0.6) is 5.75 Å². The van der Waals surface area contributed by atoms with Gasteiger partial charge in [0.25, 0.3) is 0 Å². The molecule has 1 aromatic carbocycles. The van der Waals surface area contributed by atoms with Crippen molar-refractivity contribution in [2.75, 3.05) is 6.61 Å². The van der Waals surface area contributed by atoms with Crippen molar-refractivity contribution >= 4 is 5.97 Å². The molecule has 1 aliphatic carbocycles. The molecule has 0 aliphatic heterocycles. The Balaban J connectivity index is 1.89. The first-order chi connectivity index (χ1) is 7.70. The summed E-state index contributed by atoms with van der Waals surface area (Å²) < 4.78 is 5.35. The third-order valence-electron chi connectivity index (χ3n) is 2.97. The molecule has 2 atom stereocenters. The summed E-state index contributed by atoms with van der Waals surface area (Å²) in [4.78, 5) is 10.7. The highest BCUT2D eigenvalue weighted by atomic mass is 16.5. The van der Waals surface area contributed by atoms with E-state index in [0.29, 0.717) is 12.5 Å². The maximum absolute atomic E-state index is 10.7. The van der Waals surface area contributed by atoms with Gasteiger partial charge in [0.15, 0.2) is 0 Å². The van der Waals surface area contributed by atoms with Crippen molar-refractivity contribution in [2.24, 2.45) is 11.8 Å². The average Bonchev–Trinajstić information content (AvgIpc) is 3.01. The molecule has 3 heteroatoms. The summed E-state index contributed by atoms with van der Waals surface area (Å²) in [5.41, 5.74) is 1.19. The van der Waals surface area contributed by atoms with Crippen molar-refractivity contribution in [3.05, 3.63) is 29.8 Å². The number of carboxylic acids is 1. The molecular weight excluding hydrogens is 204 g/mol. The van der Waals surface area contributed by atoms with Gasteiger partial charge in [-0.05, 0) is 43.4 Å². The van der Waals surface area contributed by atoms with Gasteiger partial charge in [0, 0.05) is 0 Å². The fraction of sp³-hybridized carbons (Fsp3) is 0.462. The second kappa shape index (κ2) is 4.56. The van der Waals surface area contributed by atoms with E-state index in [1.165, 1.54) is 5.56 Å². The van der Waals surface area contributed by atoms with E-state index >= 15 is 0 Å². The predicted octanol–water partition coefficient (Wildman–Crippen LogP) is 2.35. The second-order valence-electron chi connectivity index (χ2n) is 4.22. The summed E-state index contributed by atoms with van der Waals surface area (Å²) in [7, 11) is 0. The Bertz CT molecular complexity index is 369. The molecule has 0 heterocycles. The van der Waals surface area contributed by atoms with Gasteiger partial charge in [-0.2, -0.15) is 0 Å². The molecule has 1 aromatic rings. The molecule has 3 nitrogen and oxygen atoms in total. The number of rotatable bonds is 5. The lowest BCUT2D eigenvalue weighted by molar-refractivity contribution is -0.138. The van der Waals surface area contributed by atoms with Gasteiger partial charge in [0.05, 0.1) is 12.5 Å². The number of benzene rings is 1. The quantitative estimate of drug-likeness (QED) is 0.828. The Morgan fingerprint density at radius 3 is 2.62 bits per heavy atom. The molecule has 86 valence electrons. The molecule has 0 amide bonds. The van der Waals surface area contributed by atoms with E-state index in [9.17, 15) is 4.79 Å². The molecule has 1 saturated carbocycles. The molecule has 0 bridgehead atoms. The monoisotopic (exact) mass is 220 g/mol. The third kappa shape index (κ3) is 2.54. The molecular formula is C13H16O3. The van der Waals surface area contributed by atoms with Gasteiger partial charge in [-0.1, -0.05) is 12.1 Å². The summed E-state index contributed by atoms with van der Waals surface area (Å²) in [5.74, 6) is 0.426. The molecule has 1 N–H and O–H groups in total. The first kappa shape index (κ1) is 11.0. The van der Waals surface area contributed by atoms with Gasteiger partial charge in [0.2, 0.25) is 0 Å². The van der Waals surface area contributed by atoms with E-state index < -0.39 is 5.97 Å². The standard InChI is InChI=1S/C13H16O3/c1-2-16-11-5-3-9(4-6-11)7-10-8-12(10)13(14)15/h3-6,10,12H,2,7-8H2,1H3,(H,14,15). The van der Waals surface area contributed by atoms with Crippen LogP contribution >= 0.6 is 0 Å². The van der Waals surface area contributed by atoms with Crippen molar-refractivity contribution in [3.63, 3.8) is 0 Å². The van der Waals surface area contributed by atoms with E-state index in [-0.39, 0.29) is 5.92 Å². The van der Waals surface area contributed by atoms with Crippen LogP contribution in [0.1, 0.15) is 18.9 Å². The molecule has 1 fully saturated rings. The van der Waals surface area contributed by atoms with E-state index in [1.807, 2.05) is 31.2 Å². The Labute approximate surface area is 95.0 Å². The number of hydrogen-bond acceptors (Lipinski definition) is 2. The number of hydrogen-bond donors (Lipinski definition) is 1. The van der Waals surface area contributed by atoms with Gasteiger partial charge in [-0.3, -0.25) is 4.79 Å². The van der Waals surface area contributed by atoms with Gasteiger partial charge in [0.1, 0.15) is 5.75 Å². The minimum absolute atomic E-state index is 0.119. The highest BCUT2D eigenvalue weighted by Gasteiger charge is 2.42. The van der Waals surface area contributed by atoms with E-state index in [4.69, 9.17) is 9.84 Å². The van der Waals surface area contributed by atoms with Crippen LogP contribution < -0.4 is 4.74 Å². The predicted molar refractivity (Wildman–Crippen MR) is 60.5 cm³/mol. The Kier molecular flexibility index (Phi) is 3.13. The summed E-state index contributed by atoms with van der Waals surface area (Å²) in [6, 6.07) is 7.92. The average molecular weight is 220 g/mol.